The standard InChI is InChI=1S/C21H25ClN2O4S/c1-28-19-9-5-16(6-10-19)15-23-21(25)14-18-4-2-3-13-24(18)29(26,27)20-11-7-17(22)8-12-20/h5-12,18H,2-4,13-15H2,1H3,(H,23,25)/t18-/m0/s1. The Bertz CT molecular complexity index is 930. The number of piperidine rings is 1. The number of nitrogens with zero attached hydrogens (tertiary/aromatic N) is 1. The van der Waals surface area contributed by atoms with Crippen molar-refractivity contribution in [1.82, 2.24) is 9.62 Å². The van der Waals surface area contributed by atoms with Crippen LogP contribution in [0.15, 0.2) is 53.4 Å². The Morgan fingerprint density at radius 3 is 2.48 bits per heavy atom. The van der Waals surface area contributed by atoms with Gasteiger partial charge in [-0.05, 0) is 54.8 Å². The molecule has 0 aromatic heterocycles. The van der Waals surface area contributed by atoms with Crippen LogP contribution in [0.4, 0.5) is 0 Å². The molecule has 29 heavy (non-hydrogen) atoms. The van der Waals surface area contributed by atoms with Gasteiger partial charge in [0.1, 0.15) is 5.75 Å². The molecule has 156 valence electrons. The molecule has 8 heteroatoms. The molecular weight excluding hydrogens is 412 g/mol. The Labute approximate surface area is 176 Å². The molecule has 2 aromatic carbocycles. The fraction of sp³-hybridized carbons (Fsp3) is 0.381. The van der Waals surface area contributed by atoms with E-state index in [1.807, 2.05) is 24.3 Å². The van der Waals surface area contributed by atoms with E-state index in [1.54, 1.807) is 19.2 Å². The summed E-state index contributed by atoms with van der Waals surface area (Å²) in [4.78, 5) is 12.7. The van der Waals surface area contributed by atoms with Crippen LogP contribution in [-0.2, 0) is 21.4 Å². The lowest BCUT2D eigenvalue weighted by atomic mass is 10.0. The highest BCUT2D eigenvalue weighted by Gasteiger charge is 2.34. The summed E-state index contributed by atoms with van der Waals surface area (Å²) >= 11 is 5.88. The topological polar surface area (TPSA) is 75.7 Å². The van der Waals surface area contributed by atoms with Crippen LogP contribution in [0.5, 0.6) is 5.75 Å². The molecule has 2 aromatic rings. The highest BCUT2D eigenvalue weighted by atomic mass is 35.5. The monoisotopic (exact) mass is 436 g/mol. The second-order valence-corrected chi connectivity index (χ2v) is 9.38. The first kappa shape index (κ1) is 21.6. The van der Waals surface area contributed by atoms with Crippen molar-refractivity contribution < 1.29 is 17.9 Å². The van der Waals surface area contributed by atoms with Gasteiger partial charge in [0.15, 0.2) is 0 Å². The van der Waals surface area contributed by atoms with E-state index in [0.717, 1.165) is 24.2 Å². The zero-order valence-corrected chi connectivity index (χ0v) is 17.9. The van der Waals surface area contributed by atoms with Crippen molar-refractivity contribution in [2.45, 2.75) is 43.2 Å². The fourth-order valence-electron chi connectivity index (χ4n) is 3.47. The number of carbonyl (C=O) groups excluding carboxylic acids is 1. The lowest BCUT2D eigenvalue weighted by Crippen LogP contribution is -2.45. The molecule has 6 nitrogen and oxygen atoms in total. The number of ether oxygens (including phenoxy) is 1. The van der Waals surface area contributed by atoms with Gasteiger partial charge < -0.3 is 10.1 Å². The van der Waals surface area contributed by atoms with Crippen LogP contribution in [0.3, 0.4) is 0 Å². The third kappa shape index (κ3) is 5.50. The van der Waals surface area contributed by atoms with Crippen molar-refractivity contribution in [1.29, 1.82) is 0 Å². The average molecular weight is 437 g/mol. The first-order chi connectivity index (χ1) is 13.9. The number of nitrogens with one attached hydrogen (secondary N) is 1. The number of halogens is 1. The normalized spacial score (nSPS) is 17.7. The molecule has 1 fully saturated rings. The molecule has 1 N–H and O–H groups in total. The molecule has 3 rings (SSSR count). The summed E-state index contributed by atoms with van der Waals surface area (Å²) in [5.74, 6) is 0.592. The number of hydrogen-bond donors (Lipinski definition) is 1. The Kier molecular flexibility index (Phi) is 7.16. The fourth-order valence-corrected chi connectivity index (χ4v) is 5.29. The van der Waals surface area contributed by atoms with E-state index in [-0.39, 0.29) is 23.3 Å². The van der Waals surface area contributed by atoms with Gasteiger partial charge in [0.25, 0.3) is 0 Å². The smallest absolute Gasteiger partial charge is 0.243 e. The molecule has 0 bridgehead atoms. The summed E-state index contributed by atoms with van der Waals surface area (Å²) in [5.41, 5.74) is 0.952. The summed E-state index contributed by atoms with van der Waals surface area (Å²) in [6.07, 6.45) is 2.51. The maximum Gasteiger partial charge on any atom is 0.243 e. The van der Waals surface area contributed by atoms with Crippen molar-refractivity contribution in [2.75, 3.05) is 13.7 Å². The third-order valence-electron chi connectivity index (χ3n) is 5.06. The van der Waals surface area contributed by atoms with Crippen LogP contribution in [-0.4, -0.2) is 38.3 Å². The van der Waals surface area contributed by atoms with Crippen LogP contribution >= 0.6 is 11.6 Å². The Hall–Kier alpha value is -2.09. The molecule has 1 amide bonds. The number of methoxy groups -OCH3 is 1. The van der Waals surface area contributed by atoms with Crippen LogP contribution in [0, 0.1) is 0 Å². The number of benzene rings is 2. The summed E-state index contributed by atoms with van der Waals surface area (Å²) in [7, 11) is -2.07. The van der Waals surface area contributed by atoms with Gasteiger partial charge in [-0.15, -0.1) is 0 Å². The van der Waals surface area contributed by atoms with Gasteiger partial charge in [-0.2, -0.15) is 4.31 Å². The van der Waals surface area contributed by atoms with Gasteiger partial charge >= 0.3 is 0 Å². The lowest BCUT2D eigenvalue weighted by Gasteiger charge is -2.34. The maximum atomic E-state index is 13.1. The van der Waals surface area contributed by atoms with Crippen molar-refractivity contribution in [3.05, 3.63) is 59.1 Å². The minimum atomic E-state index is -3.67. The highest BCUT2D eigenvalue weighted by Crippen LogP contribution is 2.27. The van der Waals surface area contributed by atoms with Crippen LogP contribution in [0.2, 0.25) is 5.02 Å². The van der Waals surface area contributed by atoms with E-state index < -0.39 is 10.0 Å². The molecule has 1 atom stereocenters. The molecule has 0 saturated carbocycles. The number of hydrogen-bond acceptors (Lipinski definition) is 4. The Morgan fingerprint density at radius 1 is 1.14 bits per heavy atom. The van der Waals surface area contributed by atoms with E-state index in [1.165, 1.54) is 16.4 Å². The minimum absolute atomic E-state index is 0.142. The molecule has 0 spiro atoms. The van der Waals surface area contributed by atoms with Gasteiger partial charge in [0, 0.05) is 30.6 Å². The number of sulfonamides is 1. The van der Waals surface area contributed by atoms with E-state index in [9.17, 15) is 13.2 Å². The van der Waals surface area contributed by atoms with E-state index >= 15 is 0 Å². The largest absolute Gasteiger partial charge is 0.497 e. The van der Waals surface area contributed by atoms with Crippen molar-refractivity contribution in [2.24, 2.45) is 0 Å². The average Bonchev–Trinajstić information content (AvgIpc) is 2.73. The van der Waals surface area contributed by atoms with E-state index in [0.29, 0.717) is 24.5 Å². The predicted octanol–water partition coefficient (Wildman–Crippen LogP) is 3.60. The van der Waals surface area contributed by atoms with Gasteiger partial charge in [0.05, 0.1) is 12.0 Å². The molecule has 0 unspecified atom stereocenters. The van der Waals surface area contributed by atoms with Crippen LogP contribution in [0.1, 0.15) is 31.2 Å². The SMILES string of the molecule is COc1ccc(CNC(=O)C[C@@H]2CCCCN2S(=O)(=O)c2ccc(Cl)cc2)cc1. The summed E-state index contributed by atoms with van der Waals surface area (Å²) in [6.45, 7) is 0.806. The van der Waals surface area contributed by atoms with Crippen LogP contribution in [0.25, 0.3) is 0 Å². The number of amides is 1. The molecule has 1 heterocycles. The van der Waals surface area contributed by atoms with Crippen molar-refractivity contribution in [3.8, 4) is 5.75 Å². The van der Waals surface area contributed by atoms with Gasteiger partial charge in [-0.1, -0.05) is 30.2 Å². The highest BCUT2D eigenvalue weighted by molar-refractivity contribution is 7.89. The molecule has 0 aliphatic carbocycles. The second kappa shape index (κ2) is 9.61. The minimum Gasteiger partial charge on any atom is -0.497 e. The quantitative estimate of drug-likeness (QED) is 0.719. The first-order valence-electron chi connectivity index (χ1n) is 9.57. The van der Waals surface area contributed by atoms with Crippen molar-refractivity contribution in [3.63, 3.8) is 0 Å². The summed E-state index contributed by atoms with van der Waals surface area (Å²) in [5, 5.41) is 3.37. The Balaban J connectivity index is 1.64. The Morgan fingerprint density at radius 2 is 1.83 bits per heavy atom. The van der Waals surface area contributed by atoms with E-state index in [2.05, 4.69) is 5.32 Å². The van der Waals surface area contributed by atoms with Gasteiger partial charge in [-0.25, -0.2) is 8.42 Å². The molecule has 0 radical (unpaired) electrons. The van der Waals surface area contributed by atoms with Crippen molar-refractivity contribution >= 4 is 27.5 Å². The lowest BCUT2D eigenvalue weighted by molar-refractivity contribution is -0.122. The first-order valence-corrected chi connectivity index (χ1v) is 11.4. The second-order valence-electron chi connectivity index (χ2n) is 7.05. The summed E-state index contributed by atoms with van der Waals surface area (Å²) in [6, 6.07) is 13.2. The zero-order valence-electron chi connectivity index (χ0n) is 16.3. The van der Waals surface area contributed by atoms with Gasteiger partial charge in [0.2, 0.25) is 15.9 Å². The van der Waals surface area contributed by atoms with Crippen LogP contribution < -0.4 is 10.1 Å². The molecular formula is C21H25ClN2O4S. The third-order valence-corrected chi connectivity index (χ3v) is 7.28. The summed E-state index contributed by atoms with van der Waals surface area (Å²) < 4.78 is 32.7. The molecule has 1 saturated heterocycles. The zero-order chi connectivity index (χ0) is 20.9. The molecule has 1 aliphatic rings. The van der Waals surface area contributed by atoms with E-state index in [4.69, 9.17) is 16.3 Å². The number of carbonyl (C=O) groups is 1. The number of rotatable bonds is 7. The van der Waals surface area contributed by atoms with Gasteiger partial charge in [-0.3, -0.25) is 4.79 Å². The molecule has 1 aliphatic heterocycles. The maximum absolute atomic E-state index is 13.1. The predicted molar refractivity (Wildman–Crippen MR) is 112 cm³/mol.